The van der Waals surface area contributed by atoms with Crippen molar-refractivity contribution >= 4 is 15.7 Å². The van der Waals surface area contributed by atoms with E-state index in [9.17, 15) is 17.6 Å². The van der Waals surface area contributed by atoms with Gasteiger partial charge in [-0.1, -0.05) is 18.2 Å². The molecule has 1 amide bonds. The average molecular weight is 397 g/mol. The van der Waals surface area contributed by atoms with Crippen molar-refractivity contribution in [2.24, 2.45) is 5.73 Å². The smallest absolute Gasteiger partial charge is 0.242 e. The lowest BCUT2D eigenvalue weighted by atomic mass is 10.0. The van der Waals surface area contributed by atoms with Gasteiger partial charge in [-0.25, -0.2) is 12.8 Å². The van der Waals surface area contributed by atoms with E-state index in [1.807, 2.05) is 6.07 Å². The van der Waals surface area contributed by atoms with Crippen molar-refractivity contribution in [3.8, 4) is 11.8 Å². The maximum absolute atomic E-state index is 13.6. The molecule has 0 spiro atoms. The van der Waals surface area contributed by atoms with Crippen molar-refractivity contribution in [1.82, 2.24) is 4.90 Å². The van der Waals surface area contributed by atoms with Gasteiger partial charge in [-0.3, -0.25) is 4.79 Å². The van der Waals surface area contributed by atoms with Gasteiger partial charge in [-0.05, 0) is 19.9 Å². The van der Waals surface area contributed by atoms with E-state index >= 15 is 0 Å². The predicted molar refractivity (Wildman–Crippen MR) is 98.3 cm³/mol. The molecule has 0 bridgehead atoms. The molecule has 7 nitrogen and oxygen atoms in total. The average Bonchev–Trinajstić information content (AvgIpc) is 3.01. The second-order valence-electron chi connectivity index (χ2n) is 7.12. The highest BCUT2D eigenvalue weighted by Gasteiger charge is 2.47. The molecule has 1 heterocycles. The number of hydrogen-bond acceptors (Lipinski definition) is 6. The number of amides is 1. The van der Waals surface area contributed by atoms with E-state index in [2.05, 4.69) is 0 Å². The summed E-state index contributed by atoms with van der Waals surface area (Å²) < 4.78 is 43.2. The number of carbonyl (C=O) groups is 1. The molecule has 0 aliphatic carbocycles. The number of methoxy groups -OCH3 is 1. The van der Waals surface area contributed by atoms with Crippen LogP contribution in [0.25, 0.3) is 0 Å². The summed E-state index contributed by atoms with van der Waals surface area (Å²) in [6.07, 6.45) is -1.41. The van der Waals surface area contributed by atoms with Gasteiger partial charge in [0.1, 0.15) is 24.0 Å². The van der Waals surface area contributed by atoms with E-state index in [4.69, 9.17) is 15.7 Å². The number of benzene rings is 1. The van der Waals surface area contributed by atoms with Crippen LogP contribution in [0.1, 0.15) is 25.8 Å². The number of rotatable bonds is 6. The molecular formula is C18H24FN3O4S. The number of carbonyl (C=O) groups excluding carboxylic acids is 1. The largest absolute Gasteiger partial charge is 0.496 e. The molecule has 0 aromatic heterocycles. The fraction of sp³-hybridized carbons (Fsp3) is 0.556. The number of ether oxygens (including phenoxy) is 1. The number of likely N-dealkylation sites (tertiary alicyclic amines) is 1. The van der Waals surface area contributed by atoms with E-state index in [1.165, 1.54) is 21.0 Å². The molecule has 148 valence electrons. The SMILES string of the molecule is COc1ccccc1CS(=O)(=O)C(C)(C)[C@H](N)C(=O)N1C[C@@H](F)C[C@H]1C#N. The number of nitrogens with zero attached hydrogens (tertiary/aromatic N) is 2. The molecule has 27 heavy (non-hydrogen) atoms. The van der Waals surface area contributed by atoms with Crippen LogP contribution in [0.4, 0.5) is 4.39 Å². The van der Waals surface area contributed by atoms with Crippen LogP contribution in [0.3, 0.4) is 0 Å². The molecule has 2 N–H and O–H groups in total. The lowest BCUT2D eigenvalue weighted by Gasteiger charge is -2.33. The van der Waals surface area contributed by atoms with E-state index in [1.54, 1.807) is 24.3 Å². The fourth-order valence-corrected chi connectivity index (χ4v) is 4.54. The van der Waals surface area contributed by atoms with E-state index in [0.717, 1.165) is 4.90 Å². The van der Waals surface area contributed by atoms with Gasteiger partial charge < -0.3 is 15.4 Å². The Kier molecular flexibility index (Phi) is 6.12. The number of sulfone groups is 1. The highest BCUT2D eigenvalue weighted by molar-refractivity contribution is 7.92. The quantitative estimate of drug-likeness (QED) is 0.771. The first-order valence-corrected chi connectivity index (χ1v) is 10.1. The minimum Gasteiger partial charge on any atom is -0.496 e. The van der Waals surface area contributed by atoms with Crippen LogP contribution in [0.2, 0.25) is 0 Å². The number of nitriles is 1. The Morgan fingerprint density at radius 1 is 1.48 bits per heavy atom. The highest BCUT2D eigenvalue weighted by atomic mass is 32.2. The summed E-state index contributed by atoms with van der Waals surface area (Å²) in [6.45, 7) is 2.47. The Balaban J connectivity index is 2.27. The monoisotopic (exact) mass is 397 g/mol. The molecule has 0 unspecified atom stereocenters. The molecular weight excluding hydrogens is 373 g/mol. The maximum atomic E-state index is 13.6. The molecule has 1 aliphatic heterocycles. The normalized spacial score (nSPS) is 21.6. The number of nitrogens with two attached hydrogens (primary N) is 1. The zero-order valence-corrected chi connectivity index (χ0v) is 16.4. The Morgan fingerprint density at radius 2 is 2.11 bits per heavy atom. The molecule has 0 saturated carbocycles. The Labute approximate surface area is 158 Å². The van der Waals surface area contributed by atoms with Crippen molar-refractivity contribution in [3.05, 3.63) is 29.8 Å². The molecule has 0 radical (unpaired) electrons. The fourth-order valence-electron chi connectivity index (χ4n) is 3.03. The van der Waals surface area contributed by atoms with Gasteiger partial charge in [0.15, 0.2) is 9.84 Å². The summed E-state index contributed by atoms with van der Waals surface area (Å²) in [5, 5.41) is 9.12. The maximum Gasteiger partial charge on any atom is 0.242 e. The van der Waals surface area contributed by atoms with Crippen molar-refractivity contribution in [3.63, 3.8) is 0 Å². The first-order chi connectivity index (χ1) is 12.5. The molecule has 1 aliphatic rings. The van der Waals surface area contributed by atoms with Crippen LogP contribution < -0.4 is 10.5 Å². The van der Waals surface area contributed by atoms with Crippen molar-refractivity contribution in [1.29, 1.82) is 5.26 Å². The van der Waals surface area contributed by atoms with Crippen molar-refractivity contribution < 1.29 is 22.3 Å². The van der Waals surface area contributed by atoms with E-state index in [-0.39, 0.29) is 18.7 Å². The number of hydrogen-bond donors (Lipinski definition) is 1. The number of alkyl halides is 1. The molecule has 1 fully saturated rings. The summed E-state index contributed by atoms with van der Waals surface area (Å²) in [6, 6.07) is 6.18. The molecule has 1 aromatic rings. The Morgan fingerprint density at radius 3 is 2.70 bits per heavy atom. The summed E-state index contributed by atoms with van der Waals surface area (Å²) in [5.41, 5.74) is 6.47. The third kappa shape index (κ3) is 4.06. The van der Waals surface area contributed by atoms with Gasteiger partial charge in [0.05, 0.1) is 30.2 Å². The molecule has 9 heteroatoms. The van der Waals surface area contributed by atoms with Gasteiger partial charge in [-0.15, -0.1) is 0 Å². The Hall–Kier alpha value is -2.18. The zero-order valence-electron chi connectivity index (χ0n) is 15.6. The summed E-state index contributed by atoms with van der Waals surface area (Å²) in [4.78, 5) is 13.8. The standard InChI is InChI=1S/C18H24FN3O4S/c1-18(2,16(21)17(23)22-10-13(19)8-14(22)9-20)27(24,25)11-12-6-4-5-7-15(12)26-3/h4-7,13-14,16H,8,10-11,21H2,1-3H3/t13-,14-,16+/m0/s1. The van der Waals surface area contributed by atoms with Crippen LogP contribution >= 0.6 is 0 Å². The lowest BCUT2D eigenvalue weighted by molar-refractivity contribution is -0.133. The third-order valence-corrected chi connectivity index (χ3v) is 7.58. The number of halogens is 1. The summed E-state index contributed by atoms with van der Waals surface area (Å²) >= 11 is 0. The van der Waals surface area contributed by atoms with E-state index < -0.39 is 38.7 Å². The minimum atomic E-state index is -3.89. The lowest BCUT2D eigenvalue weighted by Crippen LogP contribution is -2.59. The predicted octanol–water partition coefficient (Wildman–Crippen LogP) is 1.18. The zero-order chi connectivity index (χ0) is 20.4. The van der Waals surface area contributed by atoms with Gasteiger partial charge >= 0.3 is 0 Å². The minimum absolute atomic E-state index is 0.0939. The second-order valence-corrected chi connectivity index (χ2v) is 9.69. The van der Waals surface area contributed by atoms with Crippen molar-refractivity contribution in [2.75, 3.05) is 13.7 Å². The van der Waals surface area contributed by atoms with Crippen molar-refractivity contribution in [2.45, 2.75) is 49.0 Å². The van der Waals surface area contributed by atoms with Crippen LogP contribution in [-0.4, -0.2) is 55.9 Å². The van der Waals surface area contributed by atoms with Crippen LogP contribution in [0.5, 0.6) is 5.75 Å². The van der Waals surface area contributed by atoms with Gasteiger partial charge in [0.2, 0.25) is 5.91 Å². The second kappa shape index (κ2) is 7.82. The van der Waals surface area contributed by atoms with Gasteiger partial charge in [-0.2, -0.15) is 5.26 Å². The summed E-state index contributed by atoms with van der Waals surface area (Å²) in [7, 11) is -2.45. The van der Waals surface area contributed by atoms with Crippen LogP contribution in [0.15, 0.2) is 24.3 Å². The first kappa shape index (κ1) is 21.1. The van der Waals surface area contributed by atoms with Crippen LogP contribution in [0, 0.1) is 11.3 Å². The number of para-hydroxylation sites is 1. The highest BCUT2D eigenvalue weighted by Crippen LogP contribution is 2.30. The topological polar surface area (TPSA) is 113 Å². The van der Waals surface area contributed by atoms with Gasteiger partial charge in [0, 0.05) is 12.0 Å². The Bertz CT molecular complexity index is 850. The summed E-state index contributed by atoms with van der Waals surface area (Å²) in [5.74, 6) is -0.685. The van der Waals surface area contributed by atoms with Gasteiger partial charge in [0.25, 0.3) is 0 Å². The molecule has 1 saturated heterocycles. The first-order valence-electron chi connectivity index (χ1n) is 8.49. The van der Waals surface area contributed by atoms with E-state index in [0.29, 0.717) is 11.3 Å². The third-order valence-electron chi connectivity index (χ3n) is 5.04. The van der Waals surface area contributed by atoms with Crippen LogP contribution in [-0.2, 0) is 20.4 Å². The molecule has 3 atom stereocenters. The molecule has 2 rings (SSSR count). The molecule has 1 aromatic carbocycles.